The Bertz CT molecular complexity index is 433. The number of hydrogen-bond donors (Lipinski definition) is 1. The van der Waals surface area contributed by atoms with E-state index in [0.29, 0.717) is 6.54 Å². The second-order valence-electron chi connectivity index (χ2n) is 3.28. The van der Waals surface area contributed by atoms with E-state index in [2.05, 4.69) is 27.3 Å². The minimum absolute atomic E-state index is 0.159. The number of halogens is 1. The van der Waals surface area contributed by atoms with Gasteiger partial charge in [0.2, 0.25) is 5.91 Å². The SMILES string of the molecule is CC(C#N)CNC(=O)/C=C/c1cc(Br)cs1. The molecule has 16 heavy (non-hydrogen) atoms. The number of carbonyl (C=O) groups is 1. The molecule has 1 atom stereocenters. The van der Waals surface area contributed by atoms with Crippen LogP contribution in [0.3, 0.4) is 0 Å². The summed E-state index contributed by atoms with van der Waals surface area (Å²) in [6.07, 6.45) is 3.23. The van der Waals surface area contributed by atoms with Crippen molar-refractivity contribution in [3.63, 3.8) is 0 Å². The maximum Gasteiger partial charge on any atom is 0.244 e. The first-order valence-corrected chi connectivity index (χ1v) is 6.38. The highest BCUT2D eigenvalue weighted by atomic mass is 79.9. The number of hydrogen-bond acceptors (Lipinski definition) is 3. The Labute approximate surface area is 107 Å². The second-order valence-corrected chi connectivity index (χ2v) is 5.13. The van der Waals surface area contributed by atoms with Crippen LogP contribution in [0.25, 0.3) is 6.08 Å². The Morgan fingerprint density at radius 2 is 2.56 bits per heavy atom. The topological polar surface area (TPSA) is 52.9 Å². The van der Waals surface area contributed by atoms with Crippen molar-refractivity contribution in [2.45, 2.75) is 6.92 Å². The summed E-state index contributed by atoms with van der Waals surface area (Å²) in [6.45, 7) is 2.15. The van der Waals surface area contributed by atoms with Crippen LogP contribution >= 0.6 is 27.3 Å². The number of nitrogens with zero attached hydrogens (tertiary/aromatic N) is 1. The number of rotatable bonds is 4. The molecule has 1 aromatic rings. The van der Waals surface area contributed by atoms with Crippen LogP contribution in [0.4, 0.5) is 0 Å². The van der Waals surface area contributed by atoms with E-state index in [-0.39, 0.29) is 11.8 Å². The van der Waals surface area contributed by atoms with E-state index in [1.165, 1.54) is 6.08 Å². The van der Waals surface area contributed by atoms with Crippen molar-refractivity contribution in [1.29, 1.82) is 5.26 Å². The summed E-state index contributed by atoms with van der Waals surface area (Å²) in [5.74, 6) is -0.333. The quantitative estimate of drug-likeness (QED) is 0.869. The van der Waals surface area contributed by atoms with Gasteiger partial charge in [-0.2, -0.15) is 5.26 Å². The van der Waals surface area contributed by atoms with Gasteiger partial charge in [0.05, 0.1) is 12.0 Å². The van der Waals surface area contributed by atoms with Gasteiger partial charge in [0.1, 0.15) is 0 Å². The van der Waals surface area contributed by atoms with E-state index in [1.54, 1.807) is 24.3 Å². The highest BCUT2D eigenvalue weighted by Gasteiger charge is 2.01. The fourth-order valence-corrected chi connectivity index (χ4v) is 2.27. The third-order valence-corrected chi connectivity index (χ3v) is 3.45. The number of nitrogens with one attached hydrogen (secondary N) is 1. The van der Waals surface area contributed by atoms with Gasteiger partial charge in [-0.15, -0.1) is 11.3 Å². The third kappa shape index (κ3) is 4.60. The fourth-order valence-electron chi connectivity index (χ4n) is 0.932. The molecular formula is C11H11BrN2OS. The number of carbonyl (C=O) groups excluding carboxylic acids is 1. The van der Waals surface area contributed by atoms with Gasteiger partial charge in [-0.1, -0.05) is 0 Å². The molecule has 1 amide bonds. The Morgan fingerprint density at radius 3 is 3.12 bits per heavy atom. The number of thiophene rings is 1. The first-order valence-electron chi connectivity index (χ1n) is 4.71. The van der Waals surface area contributed by atoms with Crippen molar-refractivity contribution in [3.05, 3.63) is 26.9 Å². The van der Waals surface area contributed by atoms with Crippen molar-refractivity contribution in [3.8, 4) is 6.07 Å². The Kier molecular flexibility index (Phi) is 5.23. The Balaban J connectivity index is 2.40. The van der Waals surface area contributed by atoms with Crippen LogP contribution in [0.2, 0.25) is 0 Å². The normalized spacial score (nSPS) is 12.3. The molecule has 0 aliphatic heterocycles. The minimum atomic E-state index is -0.174. The predicted molar refractivity (Wildman–Crippen MR) is 68.8 cm³/mol. The van der Waals surface area contributed by atoms with Gasteiger partial charge in [0.15, 0.2) is 0 Å². The molecule has 3 nitrogen and oxygen atoms in total. The molecule has 0 saturated heterocycles. The molecule has 0 saturated carbocycles. The van der Waals surface area contributed by atoms with Gasteiger partial charge in [-0.25, -0.2) is 0 Å². The highest BCUT2D eigenvalue weighted by molar-refractivity contribution is 9.10. The minimum Gasteiger partial charge on any atom is -0.351 e. The molecule has 1 N–H and O–H groups in total. The predicted octanol–water partition coefficient (Wildman–Crippen LogP) is 2.80. The van der Waals surface area contributed by atoms with E-state index in [4.69, 9.17) is 5.26 Å². The maximum absolute atomic E-state index is 11.3. The summed E-state index contributed by atoms with van der Waals surface area (Å²) in [6, 6.07) is 3.99. The van der Waals surface area contributed by atoms with Gasteiger partial charge in [0.25, 0.3) is 0 Å². The van der Waals surface area contributed by atoms with Crippen molar-refractivity contribution < 1.29 is 4.79 Å². The lowest BCUT2D eigenvalue weighted by Gasteiger charge is -2.01. The van der Waals surface area contributed by atoms with E-state index < -0.39 is 0 Å². The molecule has 1 heterocycles. The number of nitriles is 1. The molecule has 1 unspecified atom stereocenters. The lowest BCUT2D eigenvalue weighted by molar-refractivity contribution is -0.116. The molecule has 0 bridgehead atoms. The molecule has 1 aromatic heterocycles. The van der Waals surface area contributed by atoms with E-state index in [1.807, 2.05) is 11.4 Å². The molecule has 0 aliphatic carbocycles. The van der Waals surface area contributed by atoms with Gasteiger partial charge in [0, 0.05) is 27.4 Å². The Hall–Kier alpha value is -1.12. The molecule has 84 valence electrons. The molecule has 5 heteroatoms. The van der Waals surface area contributed by atoms with Crippen molar-refractivity contribution >= 4 is 39.2 Å². The lowest BCUT2D eigenvalue weighted by Crippen LogP contribution is -2.25. The van der Waals surface area contributed by atoms with Crippen LogP contribution in [0.5, 0.6) is 0 Å². The van der Waals surface area contributed by atoms with Crippen LogP contribution in [0.15, 0.2) is 22.0 Å². The summed E-state index contributed by atoms with van der Waals surface area (Å²) in [5.41, 5.74) is 0. The van der Waals surface area contributed by atoms with Crippen LogP contribution in [-0.2, 0) is 4.79 Å². The molecular weight excluding hydrogens is 288 g/mol. The van der Waals surface area contributed by atoms with Crippen LogP contribution in [0, 0.1) is 17.2 Å². The zero-order valence-corrected chi connectivity index (χ0v) is 11.1. The third-order valence-electron chi connectivity index (χ3n) is 1.79. The smallest absolute Gasteiger partial charge is 0.244 e. The average molecular weight is 299 g/mol. The van der Waals surface area contributed by atoms with Crippen LogP contribution in [-0.4, -0.2) is 12.5 Å². The summed E-state index contributed by atoms with van der Waals surface area (Å²) >= 11 is 4.89. The van der Waals surface area contributed by atoms with E-state index in [0.717, 1.165) is 9.35 Å². The molecule has 0 spiro atoms. The first-order chi connectivity index (χ1) is 7.61. The number of amides is 1. The molecule has 0 radical (unpaired) electrons. The maximum atomic E-state index is 11.3. The summed E-state index contributed by atoms with van der Waals surface area (Å²) in [5, 5.41) is 13.1. The average Bonchev–Trinajstić information content (AvgIpc) is 2.69. The highest BCUT2D eigenvalue weighted by Crippen LogP contribution is 2.20. The molecule has 0 aliphatic rings. The second kappa shape index (κ2) is 6.46. The zero-order valence-electron chi connectivity index (χ0n) is 8.74. The van der Waals surface area contributed by atoms with E-state index >= 15 is 0 Å². The Morgan fingerprint density at radius 1 is 1.81 bits per heavy atom. The lowest BCUT2D eigenvalue weighted by atomic mass is 10.2. The van der Waals surface area contributed by atoms with Gasteiger partial charge >= 0.3 is 0 Å². The largest absolute Gasteiger partial charge is 0.351 e. The van der Waals surface area contributed by atoms with Crippen LogP contribution in [0.1, 0.15) is 11.8 Å². The molecule has 0 aromatic carbocycles. The summed E-state index contributed by atoms with van der Waals surface area (Å²) < 4.78 is 1.01. The summed E-state index contributed by atoms with van der Waals surface area (Å²) in [7, 11) is 0. The molecule has 1 rings (SSSR count). The van der Waals surface area contributed by atoms with Crippen molar-refractivity contribution in [1.82, 2.24) is 5.32 Å². The fraction of sp³-hybridized carbons (Fsp3) is 0.273. The van der Waals surface area contributed by atoms with Crippen molar-refractivity contribution in [2.75, 3.05) is 6.54 Å². The zero-order chi connectivity index (χ0) is 12.0. The standard InChI is InChI=1S/C11H11BrN2OS/c1-8(5-13)6-14-11(15)3-2-10-4-9(12)7-16-10/h2-4,7-8H,6H2,1H3,(H,14,15)/b3-2+. The van der Waals surface area contributed by atoms with Gasteiger partial charge in [-0.05, 0) is 35.0 Å². The van der Waals surface area contributed by atoms with Crippen molar-refractivity contribution in [2.24, 2.45) is 5.92 Å². The van der Waals surface area contributed by atoms with Gasteiger partial charge < -0.3 is 5.32 Å². The van der Waals surface area contributed by atoms with E-state index in [9.17, 15) is 4.79 Å². The van der Waals surface area contributed by atoms with Gasteiger partial charge in [-0.3, -0.25) is 4.79 Å². The molecule has 0 fully saturated rings. The summed E-state index contributed by atoms with van der Waals surface area (Å²) in [4.78, 5) is 12.3. The monoisotopic (exact) mass is 298 g/mol. The van der Waals surface area contributed by atoms with Crippen LogP contribution < -0.4 is 5.32 Å². The first kappa shape index (κ1) is 12.9.